The maximum atomic E-state index is 12.3. The molecule has 9 heteroatoms. The van der Waals surface area contributed by atoms with Gasteiger partial charge in [-0.1, -0.05) is 30.3 Å². The lowest BCUT2D eigenvalue weighted by Crippen LogP contribution is -2.19. The largest absolute Gasteiger partial charge is 0.780 e. The van der Waals surface area contributed by atoms with Gasteiger partial charge in [0.25, 0.3) is 0 Å². The van der Waals surface area contributed by atoms with E-state index in [1.54, 1.807) is 30.3 Å². The van der Waals surface area contributed by atoms with Crippen LogP contribution in [0.25, 0.3) is 22.3 Å². The zero-order valence-corrected chi connectivity index (χ0v) is 12.7. The SMILES string of the molecule is O=c1cc(-c2ccccc2)oc2cc(O)c(O)c(OP(=O)([O-])[O-])c12. The van der Waals surface area contributed by atoms with Crippen molar-refractivity contribution in [2.24, 2.45) is 0 Å². The Bertz CT molecular complexity index is 1020. The summed E-state index contributed by atoms with van der Waals surface area (Å²) in [6.07, 6.45) is 0. The van der Waals surface area contributed by atoms with Crippen LogP contribution in [0.3, 0.4) is 0 Å². The topological polar surface area (TPSA) is 143 Å². The van der Waals surface area contributed by atoms with Crippen molar-refractivity contribution in [1.29, 1.82) is 0 Å². The quantitative estimate of drug-likeness (QED) is 0.528. The molecule has 0 atom stereocenters. The van der Waals surface area contributed by atoms with Crippen LogP contribution in [-0.4, -0.2) is 10.2 Å². The molecule has 2 aromatic carbocycles. The molecule has 8 nitrogen and oxygen atoms in total. The second-order valence-corrected chi connectivity index (χ2v) is 5.90. The van der Waals surface area contributed by atoms with Crippen molar-refractivity contribution in [3.63, 3.8) is 0 Å². The monoisotopic (exact) mass is 348 g/mol. The van der Waals surface area contributed by atoms with Crippen molar-refractivity contribution in [3.05, 3.63) is 52.7 Å². The average Bonchev–Trinajstić information content (AvgIpc) is 2.51. The molecule has 0 aliphatic heterocycles. The van der Waals surface area contributed by atoms with Crippen LogP contribution in [0.15, 0.2) is 51.7 Å². The molecule has 3 rings (SSSR count). The van der Waals surface area contributed by atoms with Crippen LogP contribution in [0.2, 0.25) is 0 Å². The van der Waals surface area contributed by atoms with E-state index in [4.69, 9.17) is 4.42 Å². The summed E-state index contributed by atoms with van der Waals surface area (Å²) in [6, 6.07) is 10.5. The number of benzene rings is 2. The van der Waals surface area contributed by atoms with E-state index in [0.717, 1.165) is 12.1 Å². The molecule has 0 radical (unpaired) electrons. The Morgan fingerprint density at radius 2 is 1.75 bits per heavy atom. The summed E-state index contributed by atoms with van der Waals surface area (Å²) in [6.45, 7) is 0. The van der Waals surface area contributed by atoms with Crippen LogP contribution in [-0.2, 0) is 4.57 Å². The van der Waals surface area contributed by atoms with Crippen LogP contribution in [0.5, 0.6) is 17.2 Å². The van der Waals surface area contributed by atoms with Gasteiger partial charge >= 0.3 is 0 Å². The van der Waals surface area contributed by atoms with Gasteiger partial charge in [-0.15, -0.1) is 0 Å². The smallest absolute Gasteiger partial charge is 0.201 e. The second kappa shape index (κ2) is 5.68. The van der Waals surface area contributed by atoms with E-state index >= 15 is 0 Å². The van der Waals surface area contributed by atoms with Gasteiger partial charge in [0.15, 0.2) is 16.9 Å². The fraction of sp³-hybridized carbons (Fsp3) is 0. The van der Waals surface area contributed by atoms with Crippen LogP contribution < -0.4 is 19.7 Å². The number of hydrogen-bond donors (Lipinski definition) is 2. The number of fused-ring (bicyclic) bond motifs is 1. The molecule has 0 saturated heterocycles. The van der Waals surface area contributed by atoms with Crippen LogP contribution in [0.4, 0.5) is 0 Å². The van der Waals surface area contributed by atoms with Crippen molar-refractivity contribution in [1.82, 2.24) is 0 Å². The van der Waals surface area contributed by atoms with E-state index < -0.39 is 35.9 Å². The van der Waals surface area contributed by atoms with Gasteiger partial charge in [0.05, 0.1) is 0 Å². The van der Waals surface area contributed by atoms with Crippen molar-refractivity contribution in [2.45, 2.75) is 0 Å². The average molecular weight is 348 g/mol. The predicted octanol–water partition coefficient (Wildman–Crippen LogP) is 1.08. The third-order valence-electron chi connectivity index (χ3n) is 3.19. The van der Waals surface area contributed by atoms with Gasteiger partial charge in [-0.05, 0) is 0 Å². The van der Waals surface area contributed by atoms with E-state index in [0.29, 0.717) is 5.56 Å². The summed E-state index contributed by atoms with van der Waals surface area (Å²) >= 11 is 0. The van der Waals surface area contributed by atoms with Gasteiger partial charge in [0.1, 0.15) is 24.6 Å². The van der Waals surface area contributed by atoms with Gasteiger partial charge in [-0.2, -0.15) is 0 Å². The Hall–Kier alpha value is -2.80. The molecule has 1 aromatic heterocycles. The fourth-order valence-corrected chi connectivity index (χ4v) is 2.61. The van der Waals surface area contributed by atoms with Crippen molar-refractivity contribution in [3.8, 4) is 28.6 Å². The number of rotatable bonds is 3. The zero-order valence-electron chi connectivity index (χ0n) is 11.8. The van der Waals surface area contributed by atoms with E-state index in [2.05, 4.69) is 4.52 Å². The summed E-state index contributed by atoms with van der Waals surface area (Å²) in [7, 11) is -5.58. The summed E-state index contributed by atoms with van der Waals surface area (Å²) in [5, 5.41) is 18.9. The number of phenolic OH excluding ortho intramolecular Hbond substituents is 2. The first-order valence-electron chi connectivity index (χ1n) is 6.56. The minimum absolute atomic E-state index is 0.150. The highest BCUT2D eigenvalue weighted by atomic mass is 31.2. The predicted molar refractivity (Wildman–Crippen MR) is 79.5 cm³/mol. The van der Waals surface area contributed by atoms with Gasteiger partial charge in [-0.3, -0.25) is 4.79 Å². The molecule has 2 N–H and O–H groups in total. The molecule has 0 spiro atoms. The summed E-state index contributed by atoms with van der Waals surface area (Å²) in [5.74, 6) is -2.67. The van der Waals surface area contributed by atoms with Crippen molar-refractivity contribution >= 4 is 18.8 Å². The first kappa shape index (κ1) is 16.1. The van der Waals surface area contributed by atoms with Crippen molar-refractivity contribution < 1.29 is 33.5 Å². The number of phosphoric acid groups is 1. The molecule has 0 amide bonds. The first-order valence-corrected chi connectivity index (χ1v) is 8.02. The number of aromatic hydroxyl groups is 2. The molecule has 0 bridgehead atoms. The minimum atomic E-state index is -5.58. The normalized spacial score (nSPS) is 11.6. The maximum absolute atomic E-state index is 12.3. The lowest BCUT2D eigenvalue weighted by Gasteiger charge is -2.29. The molecular formula is C15H9O8P-2. The Kier molecular flexibility index (Phi) is 3.81. The molecule has 0 aliphatic rings. The van der Waals surface area contributed by atoms with E-state index in [1.807, 2.05) is 0 Å². The summed E-state index contributed by atoms with van der Waals surface area (Å²) in [5.41, 5.74) is -0.446. The Labute approximate surface area is 134 Å². The molecule has 24 heavy (non-hydrogen) atoms. The second-order valence-electron chi connectivity index (χ2n) is 4.83. The molecule has 124 valence electrons. The minimum Gasteiger partial charge on any atom is -0.780 e. The van der Waals surface area contributed by atoms with E-state index in [9.17, 15) is 29.4 Å². The maximum Gasteiger partial charge on any atom is 0.201 e. The van der Waals surface area contributed by atoms with E-state index in [-0.39, 0.29) is 11.3 Å². The molecule has 0 aliphatic carbocycles. The zero-order chi connectivity index (χ0) is 17.5. The lowest BCUT2D eigenvalue weighted by molar-refractivity contribution is -0.333. The number of phosphoric ester groups is 1. The fourth-order valence-electron chi connectivity index (χ4n) is 2.21. The molecule has 0 fully saturated rings. The Morgan fingerprint density at radius 3 is 2.38 bits per heavy atom. The molecule has 3 aromatic rings. The van der Waals surface area contributed by atoms with Gasteiger partial charge < -0.3 is 33.5 Å². The molecule has 0 saturated carbocycles. The third kappa shape index (κ3) is 2.98. The van der Waals surface area contributed by atoms with E-state index in [1.165, 1.54) is 0 Å². The highest BCUT2D eigenvalue weighted by Crippen LogP contribution is 2.45. The van der Waals surface area contributed by atoms with Crippen molar-refractivity contribution in [2.75, 3.05) is 0 Å². The summed E-state index contributed by atoms with van der Waals surface area (Å²) < 4.78 is 20.4. The highest BCUT2D eigenvalue weighted by Gasteiger charge is 2.20. The number of phenols is 2. The lowest BCUT2D eigenvalue weighted by atomic mass is 10.1. The molecule has 1 heterocycles. The molecule has 0 unspecified atom stereocenters. The van der Waals surface area contributed by atoms with Crippen LogP contribution in [0.1, 0.15) is 0 Å². The van der Waals surface area contributed by atoms with Gasteiger partial charge in [0, 0.05) is 17.7 Å². The Balaban J connectivity index is 2.32. The Morgan fingerprint density at radius 1 is 1.08 bits per heavy atom. The summed E-state index contributed by atoms with van der Waals surface area (Å²) in [4.78, 5) is 34.0. The van der Waals surface area contributed by atoms with Gasteiger partial charge in [0.2, 0.25) is 5.75 Å². The molecular weight excluding hydrogens is 339 g/mol. The standard InChI is InChI=1S/C15H11O8P/c16-9-6-11(8-4-2-1-3-5-8)22-12-7-10(17)14(18)15(13(9)12)23-24(19,20)21/h1-7,17-18H,(H2,19,20,21)/p-2. The number of hydrogen-bond acceptors (Lipinski definition) is 8. The van der Waals surface area contributed by atoms with Crippen LogP contribution in [0, 0.1) is 0 Å². The van der Waals surface area contributed by atoms with Gasteiger partial charge in [-0.25, -0.2) is 0 Å². The first-order chi connectivity index (χ1) is 11.3. The third-order valence-corrected chi connectivity index (χ3v) is 3.60. The highest BCUT2D eigenvalue weighted by molar-refractivity contribution is 7.43. The van der Waals surface area contributed by atoms with Crippen LogP contribution >= 0.6 is 7.82 Å².